The second-order valence-corrected chi connectivity index (χ2v) is 5.52. The number of nitro benzene ring substituents is 1. The van der Waals surface area contributed by atoms with Crippen molar-refractivity contribution in [3.63, 3.8) is 0 Å². The lowest BCUT2D eigenvalue weighted by Gasteiger charge is -2.28. The van der Waals surface area contributed by atoms with E-state index in [4.69, 9.17) is 5.26 Å². The summed E-state index contributed by atoms with van der Waals surface area (Å²) < 4.78 is 0. The van der Waals surface area contributed by atoms with Crippen molar-refractivity contribution in [2.45, 2.75) is 39.0 Å². The summed E-state index contributed by atoms with van der Waals surface area (Å²) in [6.07, 6.45) is 5.88. The van der Waals surface area contributed by atoms with Crippen molar-refractivity contribution in [1.29, 1.82) is 5.26 Å². The van der Waals surface area contributed by atoms with Crippen molar-refractivity contribution in [1.82, 2.24) is 0 Å². The van der Waals surface area contributed by atoms with Gasteiger partial charge in [-0.05, 0) is 36.8 Å². The van der Waals surface area contributed by atoms with Crippen molar-refractivity contribution in [2.24, 2.45) is 5.41 Å². The molecule has 1 aromatic carbocycles. The fraction of sp³-hybridized carbons (Fsp3) is 0.533. The normalized spacial score (nSPS) is 16.6. The molecular formula is C15H19N3O2. The van der Waals surface area contributed by atoms with E-state index in [0.29, 0.717) is 11.3 Å². The Bertz CT molecular complexity index is 543. The van der Waals surface area contributed by atoms with Crippen LogP contribution in [0.1, 0.15) is 44.6 Å². The van der Waals surface area contributed by atoms with E-state index in [-0.39, 0.29) is 11.1 Å². The highest BCUT2D eigenvalue weighted by Gasteiger charge is 2.32. The summed E-state index contributed by atoms with van der Waals surface area (Å²) >= 11 is 0. The molecule has 1 fully saturated rings. The number of nitro groups is 1. The van der Waals surface area contributed by atoms with Crippen molar-refractivity contribution in [3.8, 4) is 6.07 Å². The van der Waals surface area contributed by atoms with Crippen LogP contribution in [0.2, 0.25) is 0 Å². The SMILES string of the molecule is CCC1(CNc2cc(C#N)ccc2[N+](=O)[O-])CCCC1. The van der Waals surface area contributed by atoms with Crippen molar-refractivity contribution in [2.75, 3.05) is 11.9 Å². The zero-order valence-electron chi connectivity index (χ0n) is 11.7. The monoisotopic (exact) mass is 273 g/mol. The summed E-state index contributed by atoms with van der Waals surface area (Å²) in [4.78, 5) is 10.6. The molecule has 106 valence electrons. The molecule has 20 heavy (non-hydrogen) atoms. The zero-order valence-corrected chi connectivity index (χ0v) is 11.7. The Kier molecular flexibility index (Phi) is 4.23. The molecular weight excluding hydrogens is 254 g/mol. The number of hydrogen-bond acceptors (Lipinski definition) is 4. The molecule has 1 saturated carbocycles. The molecule has 0 amide bonds. The van der Waals surface area contributed by atoms with E-state index >= 15 is 0 Å². The fourth-order valence-corrected chi connectivity index (χ4v) is 2.97. The first-order valence-electron chi connectivity index (χ1n) is 7.03. The quantitative estimate of drug-likeness (QED) is 0.652. The number of hydrogen-bond donors (Lipinski definition) is 1. The second-order valence-electron chi connectivity index (χ2n) is 5.52. The maximum absolute atomic E-state index is 11.0. The molecule has 5 heteroatoms. The number of nitrogens with one attached hydrogen (secondary N) is 1. The average Bonchev–Trinajstić information content (AvgIpc) is 2.94. The molecule has 0 radical (unpaired) electrons. The Morgan fingerprint density at radius 1 is 1.45 bits per heavy atom. The van der Waals surface area contributed by atoms with Gasteiger partial charge in [-0.25, -0.2) is 0 Å². The molecule has 0 bridgehead atoms. The molecule has 5 nitrogen and oxygen atoms in total. The summed E-state index contributed by atoms with van der Waals surface area (Å²) in [5, 5.41) is 23.2. The second kappa shape index (κ2) is 5.91. The number of rotatable bonds is 5. The first-order chi connectivity index (χ1) is 9.60. The molecule has 1 aliphatic carbocycles. The fourth-order valence-electron chi connectivity index (χ4n) is 2.97. The standard InChI is InChI=1S/C15H19N3O2/c1-2-15(7-3-4-8-15)11-17-13-9-12(10-16)5-6-14(13)18(19)20/h5-6,9,17H,2-4,7-8,11H2,1H3. The number of anilines is 1. The summed E-state index contributed by atoms with van der Waals surface area (Å²) in [5.74, 6) is 0. The van der Waals surface area contributed by atoms with Crippen LogP contribution in [-0.4, -0.2) is 11.5 Å². The van der Waals surface area contributed by atoms with Gasteiger partial charge in [0.1, 0.15) is 5.69 Å². The van der Waals surface area contributed by atoms with Crippen LogP contribution in [0.5, 0.6) is 0 Å². The third-order valence-electron chi connectivity index (χ3n) is 4.39. The molecule has 1 N–H and O–H groups in total. The first kappa shape index (κ1) is 14.3. The van der Waals surface area contributed by atoms with Crippen LogP contribution in [0.3, 0.4) is 0 Å². The molecule has 1 aromatic rings. The van der Waals surface area contributed by atoms with Crippen LogP contribution in [0.15, 0.2) is 18.2 Å². The number of benzene rings is 1. The molecule has 0 unspecified atom stereocenters. The molecule has 0 atom stereocenters. The van der Waals surface area contributed by atoms with Gasteiger partial charge in [0.2, 0.25) is 0 Å². The molecule has 0 saturated heterocycles. The van der Waals surface area contributed by atoms with Gasteiger partial charge in [0.25, 0.3) is 5.69 Å². The highest BCUT2D eigenvalue weighted by molar-refractivity contribution is 5.64. The third kappa shape index (κ3) is 2.90. The van der Waals surface area contributed by atoms with Gasteiger partial charge in [-0.15, -0.1) is 0 Å². The third-order valence-corrected chi connectivity index (χ3v) is 4.39. The van der Waals surface area contributed by atoms with Gasteiger partial charge in [0.15, 0.2) is 0 Å². The van der Waals surface area contributed by atoms with E-state index < -0.39 is 4.92 Å². The van der Waals surface area contributed by atoms with Crippen molar-refractivity contribution >= 4 is 11.4 Å². The van der Waals surface area contributed by atoms with E-state index in [1.165, 1.54) is 37.8 Å². The molecule has 0 spiro atoms. The van der Waals surface area contributed by atoms with Gasteiger partial charge < -0.3 is 5.32 Å². The summed E-state index contributed by atoms with van der Waals surface area (Å²) in [6, 6.07) is 6.47. The lowest BCUT2D eigenvalue weighted by Crippen LogP contribution is -2.26. The van der Waals surface area contributed by atoms with E-state index in [0.717, 1.165) is 13.0 Å². The lowest BCUT2D eigenvalue weighted by atomic mass is 9.83. The summed E-state index contributed by atoms with van der Waals surface area (Å²) in [5.41, 5.74) is 1.17. The van der Waals surface area contributed by atoms with E-state index in [1.54, 1.807) is 6.07 Å². The van der Waals surface area contributed by atoms with Crippen molar-refractivity contribution < 1.29 is 4.92 Å². The van der Waals surface area contributed by atoms with Gasteiger partial charge >= 0.3 is 0 Å². The summed E-state index contributed by atoms with van der Waals surface area (Å²) in [7, 11) is 0. The zero-order chi connectivity index (χ0) is 14.6. The maximum atomic E-state index is 11.0. The Hall–Kier alpha value is -2.09. The van der Waals surface area contributed by atoms with Gasteiger partial charge in [-0.3, -0.25) is 10.1 Å². The Labute approximate surface area is 118 Å². The topological polar surface area (TPSA) is 79.0 Å². The molecule has 1 aliphatic rings. The van der Waals surface area contributed by atoms with Gasteiger partial charge in [0.05, 0.1) is 16.6 Å². The molecule has 0 heterocycles. The minimum Gasteiger partial charge on any atom is -0.379 e. The Morgan fingerprint density at radius 2 is 2.15 bits per heavy atom. The van der Waals surface area contributed by atoms with Gasteiger partial charge in [0, 0.05) is 12.6 Å². The predicted molar refractivity (Wildman–Crippen MR) is 77.5 cm³/mol. The molecule has 0 aromatic heterocycles. The Balaban J connectivity index is 2.19. The predicted octanol–water partition coefficient (Wildman–Crippen LogP) is 3.85. The van der Waals surface area contributed by atoms with Crippen LogP contribution >= 0.6 is 0 Å². The lowest BCUT2D eigenvalue weighted by molar-refractivity contribution is -0.384. The highest BCUT2D eigenvalue weighted by Crippen LogP contribution is 2.41. The van der Waals surface area contributed by atoms with E-state index in [9.17, 15) is 10.1 Å². The van der Waals surface area contributed by atoms with Gasteiger partial charge in [-0.2, -0.15) is 5.26 Å². The van der Waals surface area contributed by atoms with Crippen LogP contribution in [0.25, 0.3) is 0 Å². The largest absolute Gasteiger partial charge is 0.379 e. The highest BCUT2D eigenvalue weighted by atomic mass is 16.6. The minimum atomic E-state index is -0.406. The van der Waals surface area contributed by atoms with E-state index in [2.05, 4.69) is 12.2 Å². The minimum absolute atomic E-state index is 0.0354. The van der Waals surface area contributed by atoms with E-state index in [1.807, 2.05) is 6.07 Å². The first-order valence-corrected chi connectivity index (χ1v) is 7.03. The maximum Gasteiger partial charge on any atom is 0.292 e. The smallest absolute Gasteiger partial charge is 0.292 e. The summed E-state index contributed by atoms with van der Waals surface area (Å²) in [6.45, 7) is 2.91. The van der Waals surface area contributed by atoms with Crippen LogP contribution in [0, 0.1) is 26.9 Å². The average molecular weight is 273 g/mol. The van der Waals surface area contributed by atoms with Gasteiger partial charge in [-0.1, -0.05) is 19.8 Å². The molecule has 2 rings (SSSR count). The number of nitrogens with zero attached hydrogens (tertiary/aromatic N) is 2. The van der Waals surface area contributed by atoms with Crippen LogP contribution in [0.4, 0.5) is 11.4 Å². The molecule has 0 aliphatic heterocycles. The Morgan fingerprint density at radius 3 is 2.70 bits per heavy atom. The van der Waals surface area contributed by atoms with Crippen LogP contribution in [-0.2, 0) is 0 Å². The van der Waals surface area contributed by atoms with Crippen LogP contribution < -0.4 is 5.32 Å². The number of nitriles is 1. The van der Waals surface area contributed by atoms with Crippen molar-refractivity contribution in [3.05, 3.63) is 33.9 Å².